The van der Waals surface area contributed by atoms with E-state index in [1.165, 1.54) is 64.2 Å². The molecule has 1 spiro atoms. The molecule has 6 aliphatic carbocycles. The van der Waals surface area contributed by atoms with Crippen LogP contribution in [-0.4, -0.2) is 13.2 Å². The van der Waals surface area contributed by atoms with Gasteiger partial charge in [-0.3, -0.25) is 0 Å². The molecule has 0 unspecified atom stereocenters. The van der Waals surface area contributed by atoms with Crippen LogP contribution < -0.4 is 0 Å². The fourth-order valence-electron chi connectivity index (χ4n) is 10.2. The Morgan fingerprint density at radius 3 is 2.50 bits per heavy atom. The predicted octanol–water partition coefficient (Wildman–Crippen LogP) is 6.87. The van der Waals surface area contributed by atoms with Crippen LogP contribution in [0.4, 0.5) is 0 Å². The maximum absolute atomic E-state index is 6.28. The average Bonchev–Trinajstić information content (AvgIpc) is 3.58. The number of rotatable bonds is 4. The second kappa shape index (κ2) is 5.89. The van der Waals surface area contributed by atoms with E-state index in [0.29, 0.717) is 22.3 Å². The fourth-order valence-corrected chi connectivity index (χ4v) is 10.2. The Bertz CT molecular complexity index is 678. The summed E-state index contributed by atoms with van der Waals surface area (Å²) < 4.78 is 6.28. The molecule has 0 aromatic rings. The molecule has 6 rings (SSSR count). The molecule has 6 aliphatic rings. The van der Waals surface area contributed by atoms with Crippen molar-refractivity contribution < 1.29 is 4.74 Å². The molecule has 0 bridgehead atoms. The molecule has 6 saturated carbocycles. The third-order valence-electron chi connectivity index (χ3n) is 11.8. The first kappa shape index (κ1) is 18.5. The summed E-state index contributed by atoms with van der Waals surface area (Å²) in [5.41, 5.74) is 1.74. The number of allylic oxidation sites excluding steroid dienone is 2. The van der Waals surface area contributed by atoms with Crippen LogP contribution in [0.1, 0.15) is 85.0 Å². The zero-order valence-corrected chi connectivity index (χ0v) is 18.8. The van der Waals surface area contributed by atoms with Gasteiger partial charge in [0.05, 0.1) is 6.10 Å². The van der Waals surface area contributed by atoms with Gasteiger partial charge in [-0.15, -0.1) is 0 Å². The van der Waals surface area contributed by atoms with E-state index in [0.717, 1.165) is 41.4 Å². The van der Waals surface area contributed by atoms with Gasteiger partial charge in [-0.2, -0.15) is 0 Å². The molecule has 1 nitrogen and oxygen atoms in total. The molecule has 0 N–H and O–H groups in total. The van der Waals surface area contributed by atoms with Gasteiger partial charge in [0.1, 0.15) is 0 Å². The molecule has 0 aromatic heterocycles. The molecular weight excluding hydrogens is 340 g/mol. The molecule has 0 aromatic carbocycles. The Morgan fingerprint density at radius 2 is 1.79 bits per heavy atom. The van der Waals surface area contributed by atoms with E-state index in [1.54, 1.807) is 0 Å². The molecule has 28 heavy (non-hydrogen) atoms. The van der Waals surface area contributed by atoms with Crippen molar-refractivity contribution in [2.45, 2.75) is 91.1 Å². The highest BCUT2D eigenvalue weighted by Gasteiger charge is 2.77. The first-order valence-corrected chi connectivity index (χ1v) is 12.6. The molecule has 0 saturated heterocycles. The van der Waals surface area contributed by atoms with Crippen molar-refractivity contribution in [2.75, 3.05) is 7.11 Å². The Morgan fingerprint density at radius 1 is 0.964 bits per heavy atom. The van der Waals surface area contributed by atoms with Crippen molar-refractivity contribution >= 4 is 0 Å². The normalized spacial score (nSPS) is 58.1. The Balaban J connectivity index is 1.29. The molecule has 156 valence electrons. The highest BCUT2D eigenvalue weighted by molar-refractivity contribution is 5.26. The van der Waals surface area contributed by atoms with Crippen LogP contribution in [-0.2, 0) is 4.74 Å². The van der Waals surface area contributed by atoms with Crippen molar-refractivity contribution in [1.29, 1.82) is 0 Å². The van der Waals surface area contributed by atoms with Crippen molar-refractivity contribution in [1.82, 2.24) is 0 Å². The van der Waals surface area contributed by atoms with Crippen molar-refractivity contribution in [2.24, 2.45) is 57.7 Å². The standard InChI is InChI=1S/C27H42O/c1-17(5-6-18-7-8-18)21-9-10-22-20-15-24(28-4)27-16-19(27)11-14-26(27,3)23(20)12-13-25(21,22)2/h5-6,17-24H,7-16H2,1-4H3/b6-5+/t17-,19-,20+,21-,22+,23+,24-,25-,26-,27+/m1/s1. The molecule has 0 heterocycles. The molecule has 0 radical (unpaired) electrons. The zero-order chi connectivity index (χ0) is 19.3. The third-order valence-corrected chi connectivity index (χ3v) is 11.8. The van der Waals surface area contributed by atoms with Gasteiger partial charge < -0.3 is 4.74 Å². The summed E-state index contributed by atoms with van der Waals surface area (Å²) in [7, 11) is 2.03. The SMILES string of the molecule is CO[C@@H]1C[C@H]2[C@@H]3CC[C@H]([C@H](C)/C=C/C4CC4)[C@@]3(C)CC[C@@H]2[C@@]2(C)CC[C@@H]3C[C@]312. The fraction of sp³-hybridized carbons (Fsp3) is 0.926. The lowest BCUT2D eigenvalue weighted by Crippen LogP contribution is -2.57. The maximum Gasteiger partial charge on any atom is 0.0638 e. The second-order valence-corrected chi connectivity index (χ2v) is 12.5. The monoisotopic (exact) mass is 382 g/mol. The summed E-state index contributed by atoms with van der Waals surface area (Å²) in [6, 6.07) is 0. The smallest absolute Gasteiger partial charge is 0.0638 e. The second-order valence-electron chi connectivity index (χ2n) is 12.5. The molecule has 6 fully saturated rings. The number of ether oxygens (including phenoxy) is 1. The van der Waals surface area contributed by atoms with Gasteiger partial charge in [0, 0.05) is 12.5 Å². The van der Waals surface area contributed by atoms with Crippen LogP contribution in [0.2, 0.25) is 0 Å². The summed E-state index contributed by atoms with van der Waals surface area (Å²) in [5.74, 6) is 6.49. The number of hydrogen-bond donors (Lipinski definition) is 0. The third kappa shape index (κ3) is 2.19. The van der Waals surface area contributed by atoms with E-state index in [-0.39, 0.29) is 0 Å². The topological polar surface area (TPSA) is 9.23 Å². The van der Waals surface area contributed by atoms with Gasteiger partial charge in [-0.1, -0.05) is 32.9 Å². The van der Waals surface area contributed by atoms with E-state index in [4.69, 9.17) is 4.74 Å². The number of fused-ring (bicyclic) bond motifs is 4. The summed E-state index contributed by atoms with van der Waals surface area (Å²) in [4.78, 5) is 0. The van der Waals surface area contributed by atoms with Crippen LogP contribution in [0.25, 0.3) is 0 Å². The van der Waals surface area contributed by atoms with E-state index < -0.39 is 0 Å². The highest BCUT2D eigenvalue weighted by Crippen LogP contribution is 2.82. The highest BCUT2D eigenvalue weighted by atomic mass is 16.5. The lowest BCUT2D eigenvalue weighted by atomic mass is 9.45. The summed E-state index contributed by atoms with van der Waals surface area (Å²) >= 11 is 0. The van der Waals surface area contributed by atoms with E-state index >= 15 is 0 Å². The number of hydrogen-bond acceptors (Lipinski definition) is 1. The first-order valence-electron chi connectivity index (χ1n) is 12.6. The number of methoxy groups -OCH3 is 1. The van der Waals surface area contributed by atoms with Crippen LogP contribution >= 0.6 is 0 Å². The predicted molar refractivity (Wildman–Crippen MR) is 115 cm³/mol. The summed E-state index contributed by atoms with van der Waals surface area (Å²) in [6.07, 6.45) is 20.4. The van der Waals surface area contributed by atoms with Crippen molar-refractivity contribution in [3.8, 4) is 0 Å². The van der Waals surface area contributed by atoms with E-state index in [1.807, 2.05) is 7.11 Å². The van der Waals surface area contributed by atoms with E-state index in [2.05, 4.69) is 32.9 Å². The lowest BCUT2D eigenvalue weighted by molar-refractivity contribution is -0.160. The maximum atomic E-state index is 6.28. The average molecular weight is 383 g/mol. The van der Waals surface area contributed by atoms with Crippen LogP contribution in [0, 0.1) is 57.7 Å². The Hall–Kier alpha value is -0.300. The molecule has 0 aliphatic heterocycles. The molecule has 0 amide bonds. The van der Waals surface area contributed by atoms with Gasteiger partial charge in [0.15, 0.2) is 0 Å². The van der Waals surface area contributed by atoms with Gasteiger partial charge in [0.2, 0.25) is 0 Å². The van der Waals surface area contributed by atoms with Crippen LogP contribution in [0.5, 0.6) is 0 Å². The first-order chi connectivity index (χ1) is 13.4. The Kier molecular flexibility index (Phi) is 3.89. The summed E-state index contributed by atoms with van der Waals surface area (Å²) in [6.45, 7) is 7.94. The minimum atomic E-state index is 0.555. The molecule has 1 heteroatoms. The minimum absolute atomic E-state index is 0.555. The minimum Gasteiger partial charge on any atom is -0.381 e. The quantitative estimate of drug-likeness (QED) is 0.482. The van der Waals surface area contributed by atoms with Crippen LogP contribution in [0.15, 0.2) is 12.2 Å². The van der Waals surface area contributed by atoms with Crippen LogP contribution in [0.3, 0.4) is 0 Å². The largest absolute Gasteiger partial charge is 0.381 e. The molecular formula is C27H42O. The van der Waals surface area contributed by atoms with Crippen molar-refractivity contribution in [3.63, 3.8) is 0 Å². The van der Waals surface area contributed by atoms with Gasteiger partial charge in [-0.05, 0) is 116 Å². The Labute approximate surface area is 173 Å². The summed E-state index contributed by atoms with van der Waals surface area (Å²) in [5, 5.41) is 0. The van der Waals surface area contributed by atoms with Crippen molar-refractivity contribution in [3.05, 3.63) is 12.2 Å². The van der Waals surface area contributed by atoms with Gasteiger partial charge >= 0.3 is 0 Å². The van der Waals surface area contributed by atoms with Gasteiger partial charge in [0.25, 0.3) is 0 Å². The molecule has 10 atom stereocenters. The zero-order valence-electron chi connectivity index (χ0n) is 18.8. The van der Waals surface area contributed by atoms with Gasteiger partial charge in [-0.25, -0.2) is 0 Å². The lowest BCUT2D eigenvalue weighted by Gasteiger charge is -2.61. The van der Waals surface area contributed by atoms with E-state index in [9.17, 15) is 0 Å².